The number of carbonyl (C=O) groups is 3. The number of nitrogens with one attached hydrogen (secondary N) is 1. The molecule has 1 aromatic heterocycles. The van der Waals surface area contributed by atoms with E-state index in [1.807, 2.05) is 0 Å². The topological polar surface area (TPSA) is 118 Å². The smallest absolute Gasteiger partial charge is 0.282 e. The first-order chi connectivity index (χ1) is 12.8. The van der Waals surface area contributed by atoms with Gasteiger partial charge in [-0.25, -0.2) is 0 Å². The Bertz CT molecular complexity index is 1090. The quantitative estimate of drug-likeness (QED) is 0.750. The second kappa shape index (κ2) is 6.02. The SMILES string of the molecule is Cc1cnn(S(=O)(=O)c2ccc3c(c2)C(=O)N(C2CCC(=O)NC2=O)C3)c1. The van der Waals surface area contributed by atoms with Crippen molar-refractivity contribution in [3.8, 4) is 0 Å². The molecular weight excluding hydrogens is 372 g/mol. The van der Waals surface area contributed by atoms with E-state index in [-0.39, 0.29) is 35.8 Å². The number of nitrogens with zero attached hydrogens (tertiary/aromatic N) is 3. The zero-order chi connectivity index (χ0) is 19.3. The fourth-order valence-electron chi connectivity index (χ4n) is 3.32. The van der Waals surface area contributed by atoms with Crippen molar-refractivity contribution in [1.29, 1.82) is 0 Å². The molecule has 9 nitrogen and oxygen atoms in total. The molecule has 1 aromatic carbocycles. The molecule has 0 spiro atoms. The van der Waals surface area contributed by atoms with Crippen LogP contribution in [-0.4, -0.2) is 46.3 Å². The molecule has 1 unspecified atom stereocenters. The Balaban J connectivity index is 1.66. The van der Waals surface area contributed by atoms with Gasteiger partial charge in [0.2, 0.25) is 11.8 Å². The maximum Gasteiger partial charge on any atom is 0.282 e. The zero-order valence-corrected chi connectivity index (χ0v) is 15.2. The van der Waals surface area contributed by atoms with Gasteiger partial charge >= 0.3 is 0 Å². The highest BCUT2D eigenvalue weighted by atomic mass is 32.2. The summed E-state index contributed by atoms with van der Waals surface area (Å²) < 4.78 is 26.3. The summed E-state index contributed by atoms with van der Waals surface area (Å²) >= 11 is 0. The van der Waals surface area contributed by atoms with E-state index in [4.69, 9.17) is 0 Å². The summed E-state index contributed by atoms with van der Waals surface area (Å²) in [6, 6.07) is 3.57. The van der Waals surface area contributed by atoms with Crippen molar-refractivity contribution in [3.63, 3.8) is 0 Å². The van der Waals surface area contributed by atoms with Crippen molar-refractivity contribution in [2.45, 2.75) is 37.2 Å². The van der Waals surface area contributed by atoms with Crippen LogP contribution >= 0.6 is 0 Å². The van der Waals surface area contributed by atoms with E-state index >= 15 is 0 Å². The first-order valence-corrected chi connectivity index (χ1v) is 9.76. The Morgan fingerprint density at radius 1 is 1.22 bits per heavy atom. The summed E-state index contributed by atoms with van der Waals surface area (Å²) in [6.45, 7) is 1.92. The van der Waals surface area contributed by atoms with E-state index in [1.54, 1.807) is 13.0 Å². The van der Waals surface area contributed by atoms with E-state index in [0.29, 0.717) is 11.1 Å². The monoisotopic (exact) mass is 388 g/mol. The van der Waals surface area contributed by atoms with Crippen molar-refractivity contribution < 1.29 is 22.8 Å². The molecule has 0 radical (unpaired) electrons. The number of hydrogen-bond donors (Lipinski definition) is 1. The van der Waals surface area contributed by atoms with Gasteiger partial charge < -0.3 is 4.90 Å². The zero-order valence-electron chi connectivity index (χ0n) is 14.4. The fraction of sp³-hybridized carbons (Fsp3) is 0.294. The summed E-state index contributed by atoms with van der Waals surface area (Å²) in [4.78, 5) is 37.5. The average Bonchev–Trinajstić information content (AvgIpc) is 3.19. The molecule has 27 heavy (non-hydrogen) atoms. The molecule has 1 N–H and O–H groups in total. The van der Waals surface area contributed by atoms with Gasteiger partial charge in [-0.15, -0.1) is 0 Å². The largest absolute Gasteiger partial charge is 0.322 e. The number of aromatic nitrogens is 2. The summed E-state index contributed by atoms with van der Waals surface area (Å²) in [5.74, 6) is -1.29. The number of rotatable bonds is 3. The van der Waals surface area contributed by atoms with Crippen LogP contribution in [-0.2, 0) is 26.2 Å². The van der Waals surface area contributed by atoms with Crippen LogP contribution in [0.25, 0.3) is 0 Å². The molecule has 4 rings (SSSR count). The van der Waals surface area contributed by atoms with Crippen LogP contribution in [0.2, 0.25) is 0 Å². The minimum atomic E-state index is -3.91. The average molecular weight is 388 g/mol. The van der Waals surface area contributed by atoms with Crippen molar-refractivity contribution in [2.24, 2.45) is 0 Å². The molecular formula is C17H16N4O5S. The van der Waals surface area contributed by atoms with Crippen LogP contribution in [0.1, 0.15) is 34.3 Å². The van der Waals surface area contributed by atoms with E-state index in [0.717, 1.165) is 4.09 Å². The Labute approximate surface area is 155 Å². The predicted octanol–water partition coefficient (Wildman–Crippen LogP) is 0.190. The molecule has 2 aliphatic rings. The summed E-state index contributed by atoms with van der Waals surface area (Å²) in [5, 5.41) is 6.06. The minimum absolute atomic E-state index is 0.0529. The highest BCUT2D eigenvalue weighted by molar-refractivity contribution is 7.89. The number of aryl methyl sites for hydroxylation is 1. The van der Waals surface area contributed by atoms with Crippen molar-refractivity contribution in [3.05, 3.63) is 47.3 Å². The Morgan fingerprint density at radius 2 is 2.00 bits per heavy atom. The second-order valence-electron chi connectivity index (χ2n) is 6.61. The van der Waals surface area contributed by atoms with Crippen LogP contribution in [0.5, 0.6) is 0 Å². The molecule has 0 saturated carbocycles. The predicted molar refractivity (Wildman–Crippen MR) is 92.0 cm³/mol. The van der Waals surface area contributed by atoms with Gasteiger partial charge in [0, 0.05) is 24.7 Å². The standard InChI is InChI=1S/C17H16N4O5S/c1-10-7-18-21(8-10)27(25,26)12-3-2-11-9-20(17(24)13(11)6-12)14-4-5-15(22)19-16(14)23/h2-3,6-8,14H,4-5,9H2,1H3,(H,19,22,23). The Hall–Kier alpha value is -3.01. The van der Waals surface area contributed by atoms with E-state index in [9.17, 15) is 22.8 Å². The number of amides is 3. The maximum absolute atomic E-state index is 12.8. The van der Waals surface area contributed by atoms with Crippen molar-refractivity contribution >= 4 is 27.7 Å². The lowest BCUT2D eigenvalue weighted by Gasteiger charge is -2.29. The highest BCUT2D eigenvalue weighted by Crippen LogP contribution is 2.29. The third kappa shape index (κ3) is 2.81. The second-order valence-corrected chi connectivity index (χ2v) is 8.41. The highest BCUT2D eigenvalue weighted by Gasteiger charge is 2.39. The van der Waals surface area contributed by atoms with Gasteiger partial charge in [0.15, 0.2) is 0 Å². The molecule has 140 valence electrons. The number of hydrogen-bond acceptors (Lipinski definition) is 6. The van der Waals surface area contributed by atoms with Gasteiger partial charge in [-0.2, -0.15) is 17.6 Å². The number of fused-ring (bicyclic) bond motifs is 1. The minimum Gasteiger partial charge on any atom is -0.322 e. The molecule has 3 heterocycles. The van der Waals surface area contributed by atoms with Crippen LogP contribution in [0, 0.1) is 6.92 Å². The molecule has 3 amide bonds. The number of imide groups is 1. The maximum atomic E-state index is 12.8. The van der Waals surface area contributed by atoms with Gasteiger partial charge in [0.05, 0.1) is 11.1 Å². The lowest BCUT2D eigenvalue weighted by molar-refractivity contribution is -0.136. The van der Waals surface area contributed by atoms with E-state index in [1.165, 1.54) is 29.4 Å². The first-order valence-electron chi connectivity index (χ1n) is 8.32. The van der Waals surface area contributed by atoms with Crippen LogP contribution in [0.4, 0.5) is 0 Å². The lowest BCUT2D eigenvalue weighted by atomic mass is 10.0. The lowest BCUT2D eigenvalue weighted by Crippen LogP contribution is -2.52. The Kier molecular flexibility index (Phi) is 3.88. The normalized spacial score (nSPS) is 20.0. The van der Waals surface area contributed by atoms with Crippen LogP contribution in [0.15, 0.2) is 35.5 Å². The van der Waals surface area contributed by atoms with E-state index in [2.05, 4.69) is 10.4 Å². The number of piperidine rings is 1. The van der Waals surface area contributed by atoms with Gasteiger partial charge in [-0.3, -0.25) is 19.7 Å². The number of carbonyl (C=O) groups excluding carboxylic acids is 3. The van der Waals surface area contributed by atoms with Crippen LogP contribution < -0.4 is 5.32 Å². The van der Waals surface area contributed by atoms with Gasteiger partial charge in [0.25, 0.3) is 15.9 Å². The molecule has 0 bridgehead atoms. The summed E-state index contributed by atoms with van der Waals surface area (Å²) in [7, 11) is -3.91. The van der Waals surface area contributed by atoms with Crippen LogP contribution in [0.3, 0.4) is 0 Å². The number of benzene rings is 1. The third-order valence-electron chi connectivity index (χ3n) is 4.73. The summed E-state index contributed by atoms with van der Waals surface area (Å²) in [6.07, 6.45) is 3.23. The summed E-state index contributed by atoms with van der Waals surface area (Å²) in [5.41, 5.74) is 1.57. The first kappa shape index (κ1) is 17.4. The molecule has 1 atom stereocenters. The third-order valence-corrected chi connectivity index (χ3v) is 6.27. The van der Waals surface area contributed by atoms with E-state index < -0.39 is 27.9 Å². The van der Waals surface area contributed by atoms with Gasteiger partial charge in [-0.1, -0.05) is 6.07 Å². The van der Waals surface area contributed by atoms with Gasteiger partial charge in [0.1, 0.15) is 6.04 Å². The molecule has 1 saturated heterocycles. The molecule has 10 heteroatoms. The molecule has 1 fully saturated rings. The van der Waals surface area contributed by atoms with Crippen molar-refractivity contribution in [2.75, 3.05) is 0 Å². The fourth-order valence-corrected chi connectivity index (χ4v) is 4.52. The molecule has 2 aliphatic heterocycles. The molecule has 0 aliphatic carbocycles. The van der Waals surface area contributed by atoms with Crippen molar-refractivity contribution in [1.82, 2.24) is 19.4 Å². The van der Waals surface area contributed by atoms with Gasteiger partial charge in [-0.05, 0) is 36.6 Å². The molecule has 2 aromatic rings. The Morgan fingerprint density at radius 3 is 2.67 bits per heavy atom.